The molecule has 0 spiro atoms. The average molecular weight is 988 g/mol. The van der Waals surface area contributed by atoms with E-state index in [1.54, 1.807) is 54.3 Å². The first-order valence-electron chi connectivity index (χ1n) is 24.4. The number of aromatic nitrogens is 5. The number of benzene rings is 1. The maximum atomic E-state index is 14.2. The van der Waals surface area contributed by atoms with Gasteiger partial charge in [-0.3, -0.25) is 23.9 Å². The molecule has 2 aliphatic heterocycles. The second kappa shape index (κ2) is 23.6. The number of esters is 1. The van der Waals surface area contributed by atoms with Crippen LogP contribution in [0.3, 0.4) is 0 Å². The van der Waals surface area contributed by atoms with Gasteiger partial charge >= 0.3 is 12.1 Å². The van der Waals surface area contributed by atoms with Gasteiger partial charge in [0.2, 0.25) is 23.3 Å². The molecule has 0 saturated carbocycles. The second-order valence-corrected chi connectivity index (χ2v) is 19.2. The van der Waals surface area contributed by atoms with Crippen LogP contribution in [-0.4, -0.2) is 116 Å². The van der Waals surface area contributed by atoms with E-state index < -0.39 is 71.8 Å². The number of carbonyl (C=O) groups excluding carboxylic acids is 5. The van der Waals surface area contributed by atoms with Crippen molar-refractivity contribution < 1.29 is 52.8 Å². The molecule has 6 rings (SSSR count). The molecule has 71 heavy (non-hydrogen) atoms. The highest BCUT2D eigenvalue weighted by Gasteiger charge is 2.51. The van der Waals surface area contributed by atoms with Crippen LogP contribution in [0.1, 0.15) is 115 Å². The predicted molar refractivity (Wildman–Crippen MR) is 260 cm³/mol. The summed E-state index contributed by atoms with van der Waals surface area (Å²) in [7, 11) is 0. The van der Waals surface area contributed by atoms with E-state index in [0.717, 1.165) is 28.6 Å². The molecule has 0 radical (unpaired) electrons. The molecule has 6 N–H and O–H groups in total. The van der Waals surface area contributed by atoms with Gasteiger partial charge in [0.1, 0.15) is 38.2 Å². The molecule has 4 unspecified atom stereocenters. The van der Waals surface area contributed by atoms with Crippen molar-refractivity contribution in [3.05, 3.63) is 68.8 Å². The predicted octanol–water partition coefficient (Wildman–Crippen LogP) is 3.96. The van der Waals surface area contributed by atoms with Gasteiger partial charge in [0, 0.05) is 41.4 Å². The molecule has 0 fully saturated rings. The van der Waals surface area contributed by atoms with E-state index in [4.69, 9.17) is 34.4 Å². The number of carbonyl (C=O) groups is 5. The monoisotopic (exact) mass is 988 g/mol. The van der Waals surface area contributed by atoms with Crippen molar-refractivity contribution in [2.75, 3.05) is 33.0 Å². The average Bonchev–Trinajstić information content (AvgIpc) is 3.91. The van der Waals surface area contributed by atoms with Crippen molar-refractivity contribution in [1.29, 1.82) is 0 Å². The molecular formula is C50H69N9O12. The summed E-state index contributed by atoms with van der Waals surface area (Å²) < 4.78 is 31.7. The normalized spacial score (nSPS) is 16.3. The van der Waals surface area contributed by atoms with E-state index in [1.165, 1.54) is 0 Å². The fourth-order valence-corrected chi connectivity index (χ4v) is 8.85. The summed E-state index contributed by atoms with van der Waals surface area (Å²) in [5, 5.41) is 27.5. The van der Waals surface area contributed by atoms with Crippen molar-refractivity contribution in [3.8, 4) is 17.1 Å². The van der Waals surface area contributed by atoms with Crippen LogP contribution in [-0.2, 0) is 74.6 Å². The highest BCUT2D eigenvalue weighted by molar-refractivity contribution is 5.91. The summed E-state index contributed by atoms with van der Waals surface area (Å²) in [6.45, 7) is 14.9. The van der Waals surface area contributed by atoms with Gasteiger partial charge in [-0.05, 0) is 115 Å². The number of hydrogen-bond acceptors (Lipinski definition) is 16. The Hall–Kier alpha value is -6.45. The van der Waals surface area contributed by atoms with Crippen LogP contribution in [0.5, 0.6) is 5.75 Å². The van der Waals surface area contributed by atoms with Gasteiger partial charge in [0.25, 0.3) is 5.56 Å². The van der Waals surface area contributed by atoms with Gasteiger partial charge in [0.15, 0.2) is 0 Å². The fraction of sp³-hybridized carbons (Fsp3) is 0.580. The molecule has 21 heteroatoms. The van der Waals surface area contributed by atoms with E-state index in [9.17, 15) is 33.9 Å². The minimum Gasteiger partial charge on any atom is -0.508 e. The number of phenols is 1. The lowest BCUT2D eigenvalue weighted by molar-refractivity contribution is -0.175. The number of nitrogens with one attached hydrogen (secondary N) is 3. The standard InChI is InChI=1S/C50H69N9O12/c1-9-33-34-21-32(60)14-15-38(34)53-44-35(33)24-59-41(44)22-37-36(46(59)64)25-69-47(65)50(37,10-2)71-48(66)70-26-40(29(3)4)54-45(63)39(13-11-12-18-51)52-42(61)27-67-28-43(62)55-49(7,8)17-20-68-31(6)16-19-58-23-30(5)56-57-58/h14-15,21-23,29,31,39-40,60H,9-13,16-20,24-28,51H2,1-8H3,(H,52,61)(H,54,63)(H,55,62). The summed E-state index contributed by atoms with van der Waals surface area (Å²) in [5.41, 5.74) is 7.15. The molecule has 1 aromatic carbocycles. The number of nitrogens with two attached hydrogens (primary N) is 1. The topological polar surface area (TPSA) is 279 Å². The number of phenolic OH excluding ortho intramolecular Hbond substituents is 1. The number of rotatable bonds is 25. The van der Waals surface area contributed by atoms with E-state index in [0.29, 0.717) is 62.3 Å². The Balaban J connectivity index is 1.03. The Morgan fingerprint density at radius 1 is 1.01 bits per heavy atom. The zero-order valence-corrected chi connectivity index (χ0v) is 42.1. The Bertz CT molecular complexity index is 2650. The molecular weight excluding hydrogens is 919 g/mol. The van der Waals surface area contributed by atoms with Gasteiger partial charge in [-0.25, -0.2) is 14.6 Å². The first-order valence-corrected chi connectivity index (χ1v) is 24.4. The third-order valence-corrected chi connectivity index (χ3v) is 13.0. The van der Waals surface area contributed by atoms with Gasteiger partial charge in [-0.15, -0.1) is 5.10 Å². The minimum absolute atomic E-state index is 0.0308. The van der Waals surface area contributed by atoms with Crippen LogP contribution in [0.25, 0.3) is 22.3 Å². The van der Waals surface area contributed by atoms with Crippen molar-refractivity contribution in [2.24, 2.45) is 11.7 Å². The molecule has 21 nitrogen and oxygen atoms in total. The van der Waals surface area contributed by atoms with Crippen molar-refractivity contribution in [2.45, 2.75) is 149 Å². The van der Waals surface area contributed by atoms with E-state index in [1.807, 2.05) is 40.8 Å². The zero-order chi connectivity index (χ0) is 51.6. The summed E-state index contributed by atoms with van der Waals surface area (Å²) in [4.78, 5) is 86.0. The Labute approximate surface area is 412 Å². The van der Waals surface area contributed by atoms with Crippen molar-refractivity contribution >= 4 is 40.7 Å². The molecule has 5 heterocycles. The summed E-state index contributed by atoms with van der Waals surface area (Å²) in [6.07, 6.45) is 3.72. The highest BCUT2D eigenvalue weighted by Crippen LogP contribution is 2.42. The fourth-order valence-electron chi connectivity index (χ4n) is 8.85. The molecule has 0 bridgehead atoms. The number of hydrogen-bond donors (Lipinski definition) is 5. The molecule has 0 aliphatic carbocycles. The second-order valence-electron chi connectivity index (χ2n) is 19.2. The quantitative estimate of drug-likeness (QED) is 0.0409. The van der Waals surface area contributed by atoms with Gasteiger partial charge in [-0.1, -0.05) is 32.9 Å². The van der Waals surface area contributed by atoms with Crippen molar-refractivity contribution in [3.63, 3.8) is 0 Å². The first-order chi connectivity index (χ1) is 33.8. The van der Waals surface area contributed by atoms with Crippen LogP contribution in [0.2, 0.25) is 0 Å². The maximum Gasteiger partial charge on any atom is 0.509 e. The number of aryl methyl sites for hydroxylation is 3. The third kappa shape index (κ3) is 13.1. The first kappa shape index (κ1) is 53.9. The SMILES string of the molecule is CCc1c2c(nc3ccc(O)cc13)-c1cc3c(c(=O)n1C2)COC(=O)C3(CC)OC(=O)OCC(NC(=O)C(CCCCN)NC(=O)COCC(=O)NC(C)(C)CCOC(C)CCn1cc(C)nn1)C(C)C. The lowest BCUT2D eigenvalue weighted by Crippen LogP contribution is -2.53. The number of ether oxygens (including phenoxy) is 5. The van der Waals surface area contributed by atoms with Crippen LogP contribution < -0.4 is 27.2 Å². The molecule has 386 valence electrons. The van der Waals surface area contributed by atoms with Gasteiger partial charge < -0.3 is 55.0 Å². The number of fused-ring (bicyclic) bond motifs is 5. The van der Waals surface area contributed by atoms with Gasteiger partial charge in [0.05, 0.1) is 46.9 Å². The smallest absolute Gasteiger partial charge is 0.508 e. The summed E-state index contributed by atoms with van der Waals surface area (Å²) >= 11 is 0. The molecule has 4 atom stereocenters. The minimum atomic E-state index is -2.04. The molecule has 0 saturated heterocycles. The van der Waals surface area contributed by atoms with E-state index >= 15 is 0 Å². The number of cyclic esters (lactones) is 1. The third-order valence-electron chi connectivity index (χ3n) is 13.0. The van der Waals surface area contributed by atoms with Crippen LogP contribution in [0.15, 0.2) is 35.3 Å². The number of nitrogens with zero attached hydrogens (tertiary/aromatic N) is 5. The Kier molecular flexibility index (Phi) is 17.9. The molecule has 2 aliphatic rings. The molecule has 3 amide bonds. The summed E-state index contributed by atoms with van der Waals surface area (Å²) in [5.74, 6) is -2.67. The van der Waals surface area contributed by atoms with Crippen LogP contribution in [0.4, 0.5) is 4.79 Å². The lowest BCUT2D eigenvalue weighted by Gasteiger charge is -2.35. The summed E-state index contributed by atoms with van der Waals surface area (Å²) in [6, 6.07) is 4.76. The Morgan fingerprint density at radius 3 is 2.46 bits per heavy atom. The Morgan fingerprint density at radius 2 is 1.77 bits per heavy atom. The maximum absolute atomic E-state index is 14.2. The molecule has 3 aromatic heterocycles. The van der Waals surface area contributed by atoms with Crippen molar-refractivity contribution in [1.82, 2.24) is 40.5 Å². The van der Waals surface area contributed by atoms with E-state index in [2.05, 4.69) is 26.3 Å². The van der Waals surface area contributed by atoms with Crippen LogP contribution >= 0.6 is 0 Å². The van der Waals surface area contributed by atoms with E-state index in [-0.39, 0.29) is 61.5 Å². The number of unbranched alkanes of at least 4 members (excludes halogenated alkanes) is 1. The highest BCUT2D eigenvalue weighted by atomic mass is 16.7. The van der Waals surface area contributed by atoms with Gasteiger partial charge in [-0.2, -0.15) is 0 Å². The number of aromatic hydroxyl groups is 1. The van der Waals surface area contributed by atoms with Crippen LogP contribution in [0, 0.1) is 12.8 Å². The zero-order valence-electron chi connectivity index (χ0n) is 42.1. The number of pyridine rings is 2. The largest absolute Gasteiger partial charge is 0.509 e. The lowest BCUT2D eigenvalue weighted by atomic mass is 9.85. The number of amides is 3. The molecule has 4 aromatic rings.